The third-order valence-electron chi connectivity index (χ3n) is 8.51. The van der Waals surface area contributed by atoms with Gasteiger partial charge in [0.25, 0.3) is 0 Å². The van der Waals surface area contributed by atoms with Gasteiger partial charge in [-0.3, -0.25) is 18.6 Å². The highest BCUT2D eigenvalue weighted by Crippen LogP contribution is 2.43. The smallest absolute Gasteiger partial charge is 0.457 e. The van der Waals surface area contributed by atoms with Gasteiger partial charge in [-0.2, -0.15) is 0 Å². The number of aliphatic hydroxyl groups is 2. The van der Waals surface area contributed by atoms with Gasteiger partial charge in [0.1, 0.15) is 12.2 Å². The van der Waals surface area contributed by atoms with Gasteiger partial charge in [-0.15, -0.1) is 0 Å². The zero-order chi connectivity index (χ0) is 43.3. The number of ether oxygens (including phenoxy) is 2. The predicted molar refractivity (Wildman–Crippen MR) is 242 cm³/mol. The molecule has 59 heavy (non-hydrogen) atoms. The normalized spacial score (nSPS) is 14.9. The third-order valence-corrected chi connectivity index (χ3v) is 9.46. The lowest BCUT2D eigenvalue weighted by molar-refractivity contribution is -0.153. The van der Waals surface area contributed by atoms with Gasteiger partial charge >= 0.3 is 19.8 Å². The minimum absolute atomic E-state index is 0.0466. The van der Waals surface area contributed by atoms with Gasteiger partial charge in [-0.05, 0) is 77.0 Å². The molecule has 0 amide bonds. The molecular weight excluding hydrogens is 767 g/mol. The van der Waals surface area contributed by atoms with Crippen molar-refractivity contribution in [3.05, 3.63) is 109 Å². The van der Waals surface area contributed by atoms with E-state index in [0.717, 1.165) is 77.0 Å². The SMILES string of the molecule is CC/C=C\C/C=C\C/C=C\C/C=C\C/C=C\CC(=O)OC(CO)COP(=O)(O)OCC(CO)OC(=O)CCCCCCCCCC/C=C\C/C=C\C/C=C\C/C=C\CC. The first kappa shape index (κ1) is 55.6. The van der Waals surface area contributed by atoms with Crippen LogP contribution in [-0.2, 0) is 32.7 Å². The highest BCUT2D eigenvalue weighted by molar-refractivity contribution is 7.47. The summed E-state index contributed by atoms with van der Waals surface area (Å²) >= 11 is 0. The van der Waals surface area contributed by atoms with Gasteiger partial charge in [0.15, 0.2) is 0 Å². The maximum Gasteiger partial charge on any atom is 0.472 e. The van der Waals surface area contributed by atoms with E-state index in [-0.39, 0.29) is 12.8 Å². The van der Waals surface area contributed by atoms with Gasteiger partial charge in [0.05, 0.1) is 32.8 Å². The van der Waals surface area contributed by atoms with Crippen LogP contribution in [0.1, 0.15) is 142 Å². The number of aliphatic hydroxyl groups excluding tert-OH is 2. The Morgan fingerprint density at radius 2 is 0.814 bits per heavy atom. The van der Waals surface area contributed by atoms with E-state index in [9.17, 15) is 29.3 Å². The van der Waals surface area contributed by atoms with E-state index < -0.39 is 58.4 Å². The van der Waals surface area contributed by atoms with Crippen LogP contribution in [0.15, 0.2) is 109 Å². The molecule has 0 radical (unpaired) electrons. The maximum absolute atomic E-state index is 12.4. The van der Waals surface area contributed by atoms with Gasteiger partial charge in [0.2, 0.25) is 0 Å². The van der Waals surface area contributed by atoms with Crippen molar-refractivity contribution in [2.45, 2.75) is 154 Å². The fourth-order valence-corrected chi connectivity index (χ4v) is 6.02. The molecule has 10 nitrogen and oxygen atoms in total. The van der Waals surface area contributed by atoms with E-state index in [0.29, 0.717) is 12.8 Å². The number of hydrogen-bond acceptors (Lipinski definition) is 9. The lowest BCUT2D eigenvalue weighted by Gasteiger charge is -2.20. The van der Waals surface area contributed by atoms with E-state index in [2.05, 4.69) is 98.9 Å². The number of allylic oxidation sites excluding steroid dienone is 17. The van der Waals surface area contributed by atoms with Crippen molar-refractivity contribution in [2.75, 3.05) is 26.4 Å². The van der Waals surface area contributed by atoms with Crippen molar-refractivity contribution in [1.82, 2.24) is 0 Å². The van der Waals surface area contributed by atoms with E-state index in [4.69, 9.17) is 18.5 Å². The molecule has 0 aliphatic carbocycles. The summed E-state index contributed by atoms with van der Waals surface area (Å²) in [4.78, 5) is 34.5. The van der Waals surface area contributed by atoms with Crippen molar-refractivity contribution in [2.24, 2.45) is 0 Å². The Morgan fingerprint density at radius 3 is 1.22 bits per heavy atom. The fourth-order valence-electron chi connectivity index (χ4n) is 5.24. The molecule has 0 heterocycles. The number of phosphoric ester groups is 1. The van der Waals surface area contributed by atoms with E-state index >= 15 is 0 Å². The molecule has 3 atom stereocenters. The van der Waals surface area contributed by atoms with Crippen LogP contribution in [-0.4, -0.2) is 65.7 Å². The van der Waals surface area contributed by atoms with Gasteiger partial charge < -0.3 is 24.6 Å². The summed E-state index contributed by atoms with van der Waals surface area (Å²) in [7, 11) is -4.67. The Morgan fingerprint density at radius 1 is 0.475 bits per heavy atom. The average Bonchev–Trinajstić information content (AvgIpc) is 3.22. The van der Waals surface area contributed by atoms with Crippen LogP contribution in [0.2, 0.25) is 0 Å². The fraction of sp³-hybridized carbons (Fsp3) is 0.583. The predicted octanol–water partition coefficient (Wildman–Crippen LogP) is 11.8. The largest absolute Gasteiger partial charge is 0.472 e. The molecule has 0 aromatic carbocycles. The highest BCUT2D eigenvalue weighted by atomic mass is 31.2. The zero-order valence-corrected chi connectivity index (χ0v) is 37.1. The number of rotatable bonds is 39. The Labute approximate surface area is 356 Å². The van der Waals surface area contributed by atoms with Crippen LogP contribution in [0, 0.1) is 0 Å². The van der Waals surface area contributed by atoms with Crippen LogP contribution in [0.5, 0.6) is 0 Å². The molecule has 0 aromatic rings. The molecule has 0 rings (SSSR count). The number of carbonyl (C=O) groups excluding carboxylic acids is 2. The van der Waals surface area contributed by atoms with Crippen LogP contribution >= 0.6 is 7.82 Å². The second-order valence-electron chi connectivity index (χ2n) is 13.9. The van der Waals surface area contributed by atoms with Gasteiger partial charge in [-0.25, -0.2) is 4.57 Å². The Kier molecular flexibility index (Phi) is 40.3. The molecule has 0 aliphatic heterocycles. The molecule has 334 valence electrons. The van der Waals surface area contributed by atoms with E-state index in [1.165, 1.54) is 25.7 Å². The monoisotopic (exact) mass is 845 g/mol. The molecule has 0 fully saturated rings. The highest BCUT2D eigenvalue weighted by Gasteiger charge is 2.27. The second-order valence-corrected chi connectivity index (χ2v) is 15.4. The summed E-state index contributed by atoms with van der Waals surface area (Å²) < 4.78 is 32.4. The number of esters is 2. The van der Waals surface area contributed by atoms with E-state index in [1.54, 1.807) is 6.08 Å². The summed E-state index contributed by atoms with van der Waals surface area (Å²) in [6.45, 7) is 1.83. The Hall–Kier alpha value is -3.37. The molecule has 3 N–H and O–H groups in total. The zero-order valence-electron chi connectivity index (χ0n) is 36.2. The quantitative estimate of drug-likeness (QED) is 0.0236. The van der Waals surface area contributed by atoms with E-state index in [1.807, 2.05) is 18.2 Å². The first-order chi connectivity index (χ1) is 28.8. The van der Waals surface area contributed by atoms with Crippen molar-refractivity contribution in [3.8, 4) is 0 Å². The third kappa shape index (κ3) is 41.2. The van der Waals surface area contributed by atoms with Gasteiger partial charge in [-0.1, -0.05) is 162 Å². The first-order valence-electron chi connectivity index (χ1n) is 21.8. The van der Waals surface area contributed by atoms with Crippen LogP contribution < -0.4 is 0 Å². The standard InChI is InChI=1S/C48H77O10P/c1-3-5-7-9-11-13-15-17-19-20-21-22-23-24-26-28-30-32-34-36-38-40-48(52)58-46(42-50)44-56-59(53,54)55-43-45(41-49)57-47(51)39-37-35-33-31-29-27-25-18-16-14-12-10-8-6-4-2/h5-8,11-14,17-19,21-22,25,29,31,35,37,45-46,49-50H,3-4,9-10,15-16,20,23-24,26-28,30,32-34,36,38-44H2,1-2H3,(H,53,54)/b7-5-,8-6-,13-11-,14-12-,19-17-,22-21-,25-18-,31-29-,37-35-. The molecule has 3 unspecified atom stereocenters. The summed E-state index contributed by atoms with van der Waals surface area (Å²) in [6, 6.07) is 0. The Bertz CT molecular complexity index is 1340. The molecule has 0 spiro atoms. The minimum Gasteiger partial charge on any atom is -0.457 e. The molecular formula is C48H77O10P. The minimum atomic E-state index is -4.67. The Balaban J connectivity index is 4.03. The lowest BCUT2D eigenvalue weighted by Crippen LogP contribution is -2.28. The molecule has 0 aromatic heterocycles. The molecule has 0 saturated carbocycles. The van der Waals surface area contributed by atoms with Crippen molar-refractivity contribution in [1.29, 1.82) is 0 Å². The molecule has 0 bridgehead atoms. The maximum atomic E-state index is 12.4. The summed E-state index contributed by atoms with van der Waals surface area (Å²) in [5, 5.41) is 19.2. The van der Waals surface area contributed by atoms with Crippen molar-refractivity contribution in [3.63, 3.8) is 0 Å². The van der Waals surface area contributed by atoms with Crippen LogP contribution in [0.4, 0.5) is 0 Å². The topological polar surface area (TPSA) is 149 Å². The van der Waals surface area contributed by atoms with Crippen LogP contribution in [0.25, 0.3) is 0 Å². The number of carbonyl (C=O) groups is 2. The summed E-state index contributed by atoms with van der Waals surface area (Å²) in [5.41, 5.74) is 0. The summed E-state index contributed by atoms with van der Waals surface area (Å²) in [5.74, 6) is -1.17. The number of unbranched alkanes of at least 4 members (excludes halogenated alkanes) is 8. The molecule has 0 saturated heterocycles. The number of hydrogen-bond donors (Lipinski definition) is 3. The van der Waals surface area contributed by atoms with Crippen molar-refractivity contribution < 1.29 is 47.8 Å². The number of phosphoric acid groups is 1. The van der Waals surface area contributed by atoms with Crippen molar-refractivity contribution >= 4 is 19.8 Å². The van der Waals surface area contributed by atoms with Crippen LogP contribution in [0.3, 0.4) is 0 Å². The molecule has 11 heteroatoms. The lowest BCUT2D eigenvalue weighted by atomic mass is 10.1. The summed E-state index contributed by atoms with van der Waals surface area (Å²) in [6.07, 6.45) is 53.7. The molecule has 0 aliphatic rings. The second kappa shape index (κ2) is 42.7. The average molecular weight is 845 g/mol. The first-order valence-corrected chi connectivity index (χ1v) is 23.3. The van der Waals surface area contributed by atoms with Gasteiger partial charge in [0, 0.05) is 6.42 Å².